The Balaban J connectivity index is 1.19. The fraction of sp³-hybridized carbons (Fsp3) is 0.323. The molecule has 224 valence electrons. The Morgan fingerprint density at radius 3 is 2.09 bits per heavy atom. The van der Waals surface area contributed by atoms with Gasteiger partial charge in [-0.3, -0.25) is 19.8 Å². The molecule has 2 aliphatic rings. The van der Waals surface area contributed by atoms with Crippen LogP contribution in [0.3, 0.4) is 0 Å². The molecule has 1 amide bonds. The van der Waals surface area contributed by atoms with Crippen LogP contribution >= 0.6 is 0 Å². The lowest BCUT2D eigenvalue weighted by atomic mass is 9.89. The molecule has 2 fully saturated rings. The first kappa shape index (κ1) is 30.1. The second kappa shape index (κ2) is 12.4. The van der Waals surface area contributed by atoms with Crippen LogP contribution in [0.2, 0.25) is 0 Å². The van der Waals surface area contributed by atoms with Crippen molar-refractivity contribution in [1.29, 1.82) is 0 Å². The molecule has 0 N–H and O–H groups in total. The molecule has 0 aliphatic carbocycles. The molecule has 2 saturated heterocycles. The highest BCUT2D eigenvalue weighted by Crippen LogP contribution is 2.50. The number of ether oxygens (including phenoxy) is 3. The quantitative estimate of drug-likeness (QED) is 0.106. The summed E-state index contributed by atoms with van der Waals surface area (Å²) in [5.41, 5.74) is 1.98. The molecule has 0 saturated carbocycles. The molecule has 3 aromatic rings. The van der Waals surface area contributed by atoms with E-state index in [1.807, 2.05) is 60.7 Å². The highest BCUT2D eigenvalue weighted by atomic mass is 32.2. The van der Waals surface area contributed by atoms with E-state index in [1.54, 1.807) is 13.8 Å². The first-order valence-electron chi connectivity index (χ1n) is 13.7. The number of hydrogen-bond acceptors (Lipinski definition) is 9. The van der Waals surface area contributed by atoms with E-state index in [1.165, 1.54) is 29.2 Å². The summed E-state index contributed by atoms with van der Waals surface area (Å²) in [6.45, 7) is 3.06. The summed E-state index contributed by atoms with van der Waals surface area (Å²) >= 11 is -1.59. The van der Waals surface area contributed by atoms with E-state index in [0.717, 1.165) is 11.1 Å². The third kappa shape index (κ3) is 6.06. The molecule has 2 aliphatic heterocycles. The number of non-ortho nitro benzene ring substituents is 1. The molecule has 3 aromatic carbocycles. The van der Waals surface area contributed by atoms with Crippen LogP contribution in [-0.4, -0.2) is 55.2 Å². The maximum Gasteiger partial charge on any atom is 0.508 e. The molecule has 0 aromatic heterocycles. The number of carbonyl (C=O) groups excluding carboxylic acids is 3. The molecule has 5 rings (SSSR count). The zero-order valence-electron chi connectivity index (χ0n) is 23.5. The van der Waals surface area contributed by atoms with E-state index in [2.05, 4.69) is 0 Å². The van der Waals surface area contributed by atoms with Crippen LogP contribution in [0.5, 0.6) is 0 Å². The van der Waals surface area contributed by atoms with Crippen LogP contribution in [-0.2, 0) is 41.6 Å². The van der Waals surface area contributed by atoms with Gasteiger partial charge in [-0.25, -0.2) is 9.59 Å². The van der Waals surface area contributed by atoms with Gasteiger partial charge >= 0.3 is 12.1 Å². The van der Waals surface area contributed by atoms with Gasteiger partial charge in [0.05, 0.1) is 11.5 Å². The zero-order valence-corrected chi connectivity index (χ0v) is 24.3. The summed E-state index contributed by atoms with van der Waals surface area (Å²) in [7, 11) is 0. The Labute approximate surface area is 251 Å². The van der Waals surface area contributed by atoms with Gasteiger partial charge in [0.2, 0.25) is 11.3 Å². The third-order valence-electron chi connectivity index (χ3n) is 7.68. The van der Waals surface area contributed by atoms with Crippen molar-refractivity contribution < 1.29 is 38.1 Å². The van der Waals surface area contributed by atoms with Crippen molar-refractivity contribution in [3.05, 3.63) is 112 Å². The number of rotatable bonds is 10. The molecule has 12 heteroatoms. The minimum absolute atomic E-state index is 0.0827. The van der Waals surface area contributed by atoms with Gasteiger partial charge in [0.1, 0.15) is 12.5 Å². The van der Waals surface area contributed by atoms with Crippen molar-refractivity contribution in [2.75, 3.05) is 6.61 Å². The van der Waals surface area contributed by atoms with Crippen LogP contribution in [0.1, 0.15) is 43.1 Å². The third-order valence-corrected chi connectivity index (χ3v) is 9.93. The number of nitro groups is 1. The van der Waals surface area contributed by atoms with Crippen LogP contribution < -0.4 is 0 Å². The highest BCUT2D eigenvalue weighted by Gasteiger charge is 2.72. The number of esters is 1. The molecular weight excluding hydrogens is 576 g/mol. The molecule has 0 radical (unpaired) electrons. The predicted octanol–water partition coefficient (Wildman–Crippen LogP) is 4.66. The van der Waals surface area contributed by atoms with Gasteiger partial charge in [0.25, 0.3) is 5.69 Å². The normalized spacial score (nSPS) is 22.0. The Morgan fingerprint density at radius 1 is 0.953 bits per heavy atom. The lowest BCUT2D eigenvalue weighted by Crippen LogP contribution is -2.63. The Morgan fingerprint density at radius 2 is 1.53 bits per heavy atom. The van der Waals surface area contributed by atoms with Gasteiger partial charge in [-0.15, -0.1) is 0 Å². The molecule has 2 heterocycles. The van der Waals surface area contributed by atoms with Crippen molar-refractivity contribution in [3.8, 4) is 0 Å². The van der Waals surface area contributed by atoms with Gasteiger partial charge in [0, 0.05) is 18.6 Å². The highest BCUT2D eigenvalue weighted by molar-refractivity contribution is 7.93. The topological polar surface area (TPSA) is 148 Å². The largest absolute Gasteiger partial charge is 0.614 e. The number of nitrogens with zero attached hydrogens (tertiary/aromatic N) is 2. The smallest absolute Gasteiger partial charge is 0.508 e. The minimum atomic E-state index is -1.59. The second-order valence-electron chi connectivity index (χ2n) is 10.8. The van der Waals surface area contributed by atoms with Gasteiger partial charge in [-0.1, -0.05) is 60.7 Å². The second-order valence-corrected chi connectivity index (χ2v) is 12.9. The van der Waals surface area contributed by atoms with Crippen molar-refractivity contribution in [1.82, 2.24) is 4.90 Å². The van der Waals surface area contributed by atoms with Crippen molar-refractivity contribution in [2.45, 2.75) is 49.1 Å². The first-order valence-corrected chi connectivity index (χ1v) is 14.9. The molecule has 11 nitrogen and oxygen atoms in total. The van der Waals surface area contributed by atoms with E-state index < -0.39 is 56.4 Å². The average molecular weight is 607 g/mol. The van der Waals surface area contributed by atoms with Crippen molar-refractivity contribution in [3.63, 3.8) is 0 Å². The van der Waals surface area contributed by atoms with E-state index in [0.29, 0.717) is 5.56 Å². The van der Waals surface area contributed by atoms with Gasteiger partial charge in [-0.2, -0.15) is 0 Å². The summed E-state index contributed by atoms with van der Waals surface area (Å²) < 4.78 is 28.7. The van der Waals surface area contributed by atoms with Crippen molar-refractivity contribution >= 4 is 34.9 Å². The van der Waals surface area contributed by atoms with Crippen LogP contribution in [0.15, 0.2) is 84.9 Å². The van der Waals surface area contributed by atoms with E-state index in [9.17, 15) is 29.1 Å². The number of fused-ring (bicyclic) bond motifs is 1. The summed E-state index contributed by atoms with van der Waals surface area (Å²) in [6, 6.07) is 23.0. The van der Waals surface area contributed by atoms with Gasteiger partial charge in [-0.05, 0) is 53.8 Å². The molecule has 0 bridgehead atoms. The molecule has 43 heavy (non-hydrogen) atoms. The van der Waals surface area contributed by atoms with Gasteiger partial charge in [0.15, 0.2) is 16.9 Å². The van der Waals surface area contributed by atoms with Crippen molar-refractivity contribution in [2.24, 2.45) is 5.92 Å². The summed E-state index contributed by atoms with van der Waals surface area (Å²) in [5.74, 6) is -1.69. The Kier molecular flexibility index (Phi) is 8.69. The number of carbonyl (C=O) groups is 3. The monoisotopic (exact) mass is 606 g/mol. The van der Waals surface area contributed by atoms with E-state index in [-0.39, 0.29) is 31.2 Å². The standard InChI is InChI=1S/C31H30N2O9S/c1-31(2)26(29(35)42-25(21-9-5-3-6-10-21)22-11-7-4-8-12-22)32-27(34)24(28(32)43(31)39)17-18-40-30(36)41-19-20-13-15-23(16-14-20)33(37)38/h3-16,24-26,28H,17-19H2,1-2H3/t24-,26+,28-,43+/m1/s1. The van der Waals surface area contributed by atoms with E-state index >= 15 is 0 Å². The Bertz CT molecular complexity index is 1440. The zero-order chi connectivity index (χ0) is 30.7. The fourth-order valence-corrected chi connectivity index (χ4v) is 7.46. The molecular formula is C31H30N2O9S. The Hall–Kier alpha value is -4.42. The maximum atomic E-state index is 13.7. The average Bonchev–Trinajstić information content (AvgIpc) is 3.20. The number of hydrogen-bond donors (Lipinski definition) is 0. The summed E-state index contributed by atoms with van der Waals surface area (Å²) in [6.07, 6.45) is -1.58. The maximum absolute atomic E-state index is 13.7. The van der Waals surface area contributed by atoms with Crippen LogP contribution in [0, 0.1) is 16.0 Å². The summed E-state index contributed by atoms with van der Waals surface area (Å²) in [5, 5.41) is 10.0. The lowest BCUT2D eigenvalue weighted by molar-refractivity contribution is -0.384. The fourth-order valence-electron chi connectivity index (χ4n) is 5.43. The van der Waals surface area contributed by atoms with Gasteiger partial charge < -0.3 is 18.8 Å². The lowest BCUT2D eigenvalue weighted by Gasteiger charge is -2.41. The number of β-lactam (4-membered cyclic amide) rings is 1. The number of amides is 1. The molecule has 4 atom stereocenters. The van der Waals surface area contributed by atoms with Crippen LogP contribution in [0.25, 0.3) is 0 Å². The van der Waals surface area contributed by atoms with E-state index in [4.69, 9.17) is 14.2 Å². The SMILES string of the molecule is CC1(C)[C@H](C(=O)OC(c2ccccc2)c2ccccc2)N2C(=O)[C@@H](CCOC(=O)OCc3ccc([N+](=O)[O-])cc3)[C@H]2[S@+]1[O-]. The number of benzene rings is 3. The first-order chi connectivity index (χ1) is 20.6. The predicted molar refractivity (Wildman–Crippen MR) is 155 cm³/mol. The minimum Gasteiger partial charge on any atom is -0.614 e. The number of nitro benzene ring substituents is 1. The molecule has 0 spiro atoms. The summed E-state index contributed by atoms with van der Waals surface area (Å²) in [4.78, 5) is 50.6. The van der Waals surface area contributed by atoms with Crippen LogP contribution in [0.4, 0.5) is 10.5 Å². The molecule has 0 unspecified atom stereocenters.